The average Bonchev–Trinajstić information content (AvgIpc) is 2.65. The molecule has 0 aromatic heterocycles. The lowest BCUT2D eigenvalue weighted by molar-refractivity contribution is 0.0404. The van der Waals surface area contributed by atoms with Gasteiger partial charge < -0.3 is 15.2 Å². The molecule has 1 amide bonds. The Bertz CT molecular complexity index is 870. The van der Waals surface area contributed by atoms with Gasteiger partial charge in [0, 0.05) is 16.7 Å². The summed E-state index contributed by atoms with van der Waals surface area (Å²) in [6, 6.07) is 16.4. The first-order chi connectivity index (χ1) is 12.5. The van der Waals surface area contributed by atoms with E-state index in [1.165, 1.54) is 0 Å². The van der Waals surface area contributed by atoms with Gasteiger partial charge in [-0.1, -0.05) is 42.5 Å². The zero-order valence-electron chi connectivity index (χ0n) is 15.0. The lowest BCUT2D eigenvalue weighted by Gasteiger charge is -2.41. The summed E-state index contributed by atoms with van der Waals surface area (Å²) < 4.78 is 6.22. The monoisotopic (exact) mass is 349 g/mol. The molecule has 4 nitrogen and oxygen atoms in total. The number of aliphatic hydroxyl groups is 1. The fourth-order valence-electron chi connectivity index (χ4n) is 3.77. The highest BCUT2D eigenvalue weighted by atomic mass is 16.5. The lowest BCUT2D eigenvalue weighted by atomic mass is 9.79. The van der Waals surface area contributed by atoms with E-state index in [1.807, 2.05) is 42.5 Å². The second-order valence-electron chi connectivity index (χ2n) is 7.57. The number of amides is 1. The van der Waals surface area contributed by atoms with Crippen molar-refractivity contribution in [2.45, 2.75) is 44.4 Å². The van der Waals surface area contributed by atoms with Crippen LogP contribution in [0.3, 0.4) is 0 Å². The third kappa shape index (κ3) is 2.90. The number of rotatable bonds is 2. The molecule has 2 N–H and O–H groups in total. The van der Waals surface area contributed by atoms with Crippen LogP contribution in [0.1, 0.15) is 54.2 Å². The summed E-state index contributed by atoms with van der Waals surface area (Å²) in [5.41, 5.74) is 3.05. The first-order valence-electron chi connectivity index (χ1n) is 9.02. The Hall–Kier alpha value is -2.59. The van der Waals surface area contributed by atoms with Crippen molar-refractivity contribution in [1.29, 1.82) is 0 Å². The normalized spacial score (nSPS) is 23.5. The SMILES string of the molecule is CC1(C)CCC2=C(O1)c1ccccc1C(NC(=O)c1ccccc1)C2O. The molecule has 2 aromatic rings. The van der Waals surface area contributed by atoms with Gasteiger partial charge in [0.2, 0.25) is 0 Å². The Kier molecular flexibility index (Phi) is 4.08. The van der Waals surface area contributed by atoms with E-state index in [9.17, 15) is 9.90 Å². The van der Waals surface area contributed by atoms with E-state index in [2.05, 4.69) is 19.2 Å². The maximum Gasteiger partial charge on any atom is 0.251 e. The summed E-state index contributed by atoms with van der Waals surface area (Å²) in [5.74, 6) is 0.583. The third-order valence-electron chi connectivity index (χ3n) is 5.20. The highest BCUT2D eigenvalue weighted by molar-refractivity contribution is 5.94. The number of nitrogens with one attached hydrogen (secondary N) is 1. The van der Waals surface area contributed by atoms with E-state index in [1.54, 1.807) is 12.1 Å². The number of hydrogen-bond donors (Lipinski definition) is 2. The number of fused-ring (bicyclic) bond motifs is 2. The molecule has 0 saturated carbocycles. The minimum atomic E-state index is -0.788. The number of ether oxygens (including phenoxy) is 1. The first-order valence-corrected chi connectivity index (χ1v) is 9.02. The molecule has 4 heteroatoms. The van der Waals surface area contributed by atoms with Crippen LogP contribution in [0.25, 0.3) is 5.76 Å². The molecule has 2 atom stereocenters. The molecule has 4 rings (SSSR count). The van der Waals surface area contributed by atoms with Gasteiger partial charge in [0.25, 0.3) is 5.91 Å². The Balaban J connectivity index is 1.72. The Morgan fingerprint density at radius 3 is 2.58 bits per heavy atom. The number of hydrogen-bond acceptors (Lipinski definition) is 3. The molecule has 2 unspecified atom stereocenters. The van der Waals surface area contributed by atoms with Crippen LogP contribution >= 0.6 is 0 Å². The number of carbonyl (C=O) groups excluding carboxylic acids is 1. The molecular formula is C22H23NO3. The molecule has 2 aliphatic rings. The fraction of sp³-hybridized carbons (Fsp3) is 0.318. The maximum atomic E-state index is 12.7. The van der Waals surface area contributed by atoms with Gasteiger partial charge in [-0.3, -0.25) is 4.79 Å². The highest BCUT2D eigenvalue weighted by Crippen LogP contribution is 2.45. The Labute approximate surface area is 153 Å². The van der Waals surface area contributed by atoms with Crippen LogP contribution in [0.4, 0.5) is 0 Å². The van der Waals surface area contributed by atoms with E-state index in [4.69, 9.17) is 4.74 Å². The minimum Gasteiger partial charge on any atom is -0.487 e. The Morgan fingerprint density at radius 2 is 1.81 bits per heavy atom. The molecule has 0 fully saturated rings. The van der Waals surface area contributed by atoms with Crippen molar-refractivity contribution in [3.05, 3.63) is 76.9 Å². The van der Waals surface area contributed by atoms with Crippen LogP contribution in [0.15, 0.2) is 60.2 Å². The van der Waals surface area contributed by atoms with Gasteiger partial charge in [-0.15, -0.1) is 0 Å². The van der Waals surface area contributed by atoms with Crippen LogP contribution in [0.2, 0.25) is 0 Å². The van der Waals surface area contributed by atoms with Crippen molar-refractivity contribution in [1.82, 2.24) is 5.32 Å². The summed E-state index contributed by atoms with van der Waals surface area (Å²) >= 11 is 0. The molecule has 0 bridgehead atoms. The average molecular weight is 349 g/mol. The minimum absolute atomic E-state index is 0.189. The summed E-state index contributed by atoms with van der Waals surface area (Å²) in [7, 11) is 0. The first kappa shape index (κ1) is 16.9. The van der Waals surface area contributed by atoms with Crippen molar-refractivity contribution in [3.63, 3.8) is 0 Å². The van der Waals surface area contributed by atoms with Crippen LogP contribution in [0, 0.1) is 0 Å². The van der Waals surface area contributed by atoms with Crippen LogP contribution in [0.5, 0.6) is 0 Å². The van der Waals surface area contributed by atoms with Crippen LogP contribution in [-0.4, -0.2) is 22.7 Å². The van der Waals surface area contributed by atoms with Crippen LogP contribution in [-0.2, 0) is 4.74 Å². The van der Waals surface area contributed by atoms with E-state index in [-0.39, 0.29) is 11.5 Å². The van der Waals surface area contributed by atoms with Crippen molar-refractivity contribution in [2.24, 2.45) is 0 Å². The summed E-state index contributed by atoms with van der Waals surface area (Å²) in [6.45, 7) is 4.13. The zero-order chi connectivity index (χ0) is 18.3. The van der Waals surface area contributed by atoms with Gasteiger partial charge in [-0.25, -0.2) is 0 Å². The quantitative estimate of drug-likeness (QED) is 0.866. The standard InChI is InChI=1S/C22H23NO3/c1-22(2)13-12-17-19(24)18(23-21(25)14-8-4-3-5-9-14)15-10-6-7-11-16(15)20(17)26-22/h3-11,18-19,24H,12-13H2,1-2H3,(H,23,25). The molecule has 1 heterocycles. The summed E-state index contributed by atoms with van der Waals surface area (Å²) in [5, 5.41) is 14.0. The van der Waals surface area contributed by atoms with E-state index < -0.39 is 12.1 Å². The van der Waals surface area contributed by atoms with Crippen molar-refractivity contribution in [2.75, 3.05) is 0 Å². The zero-order valence-corrected chi connectivity index (χ0v) is 15.0. The van der Waals surface area contributed by atoms with Gasteiger partial charge in [0.1, 0.15) is 17.5 Å². The lowest BCUT2D eigenvalue weighted by Crippen LogP contribution is -2.42. The molecule has 26 heavy (non-hydrogen) atoms. The van der Waals surface area contributed by atoms with E-state index in [0.29, 0.717) is 5.56 Å². The van der Waals surface area contributed by atoms with Gasteiger partial charge in [0.05, 0.1) is 6.04 Å². The van der Waals surface area contributed by atoms with Gasteiger partial charge in [-0.2, -0.15) is 0 Å². The maximum absolute atomic E-state index is 12.7. The smallest absolute Gasteiger partial charge is 0.251 e. The third-order valence-corrected chi connectivity index (χ3v) is 5.20. The van der Waals surface area contributed by atoms with Crippen molar-refractivity contribution < 1.29 is 14.6 Å². The largest absolute Gasteiger partial charge is 0.487 e. The number of benzene rings is 2. The van der Waals surface area contributed by atoms with Crippen LogP contribution < -0.4 is 5.32 Å². The van der Waals surface area contributed by atoms with Gasteiger partial charge >= 0.3 is 0 Å². The molecule has 1 aliphatic heterocycles. The molecule has 0 saturated heterocycles. The van der Waals surface area contributed by atoms with Crippen molar-refractivity contribution in [3.8, 4) is 0 Å². The molecule has 0 radical (unpaired) electrons. The molecule has 134 valence electrons. The number of carbonyl (C=O) groups is 1. The summed E-state index contributed by atoms with van der Waals surface area (Å²) in [6.07, 6.45) is 0.809. The molecular weight excluding hydrogens is 326 g/mol. The van der Waals surface area contributed by atoms with E-state index >= 15 is 0 Å². The van der Waals surface area contributed by atoms with Gasteiger partial charge in [-0.05, 0) is 44.4 Å². The second kappa shape index (κ2) is 6.29. The predicted octanol–water partition coefficient (Wildman–Crippen LogP) is 3.83. The predicted molar refractivity (Wildman–Crippen MR) is 100 cm³/mol. The second-order valence-corrected chi connectivity index (χ2v) is 7.57. The molecule has 2 aromatic carbocycles. The van der Waals surface area contributed by atoms with Crippen molar-refractivity contribution >= 4 is 11.7 Å². The topological polar surface area (TPSA) is 58.6 Å². The number of aliphatic hydroxyl groups excluding tert-OH is 1. The highest BCUT2D eigenvalue weighted by Gasteiger charge is 2.41. The van der Waals surface area contributed by atoms with Gasteiger partial charge in [0.15, 0.2) is 0 Å². The molecule has 0 spiro atoms. The van der Waals surface area contributed by atoms with E-state index in [0.717, 1.165) is 35.3 Å². The molecule has 1 aliphatic carbocycles. The Morgan fingerprint density at radius 1 is 1.12 bits per heavy atom. The summed E-state index contributed by atoms with van der Waals surface area (Å²) in [4.78, 5) is 12.7. The fourth-order valence-corrected chi connectivity index (χ4v) is 3.77.